The zero-order chi connectivity index (χ0) is 19.9. The van der Waals surface area contributed by atoms with E-state index in [0.717, 1.165) is 12.3 Å². The molecule has 0 heterocycles. The number of aliphatic hydroxyl groups is 1. The van der Waals surface area contributed by atoms with Crippen LogP contribution in [0.3, 0.4) is 0 Å². The molecule has 1 N–H and O–H groups in total. The molecule has 0 saturated heterocycles. The highest BCUT2D eigenvalue weighted by molar-refractivity contribution is 9.10. The first-order chi connectivity index (χ1) is 12.3. The van der Waals surface area contributed by atoms with Crippen LogP contribution < -0.4 is 4.74 Å². The largest absolute Gasteiger partial charge is 0.495 e. The van der Waals surface area contributed by atoms with Crippen molar-refractivity contribution >= 4 is 33.9 Å². The number of carbonyl (C=O) groups is 2. The van der Waals surface area contributed by atoms with E-state index in [1.54, 1.807) is 6.92 Å². The number of ether oxygens (including phenoxy) is 2. The number of Topliss-reactive ketones (excluding diaryl/α,β-unsaturated/α-hetero) is 1. The molecule has 1 aromatic carbocycles. The molecule has 0 spiro atoms. The van der Waals surface area contributed by atoms with E-state index in [9.17, 15) is 19.1 Å². The van der Waals surface area contributed by atoms with Gasteiger partial charge in [-0.1, -0.05) is 13.8 Å². The van der Waals surface area contributed by atoms with Crippen LogP contribution in [0, 0.1) is 17.7 Å². The van der Waals surface area contributed by atoms with Crippen molar-refractivity contribution < 1.29 is 28.6 Å². The smallest absolute Gasteiger partial charge is 0.322 e. The number of halogens is 2. The fourth-order valence-corrected chi connectivity index (χ4v) is 2.64. The second-order valence-corrected chi connectivity index (χ2v) is 6.71. The van der Waals surface area contributed by atoms with Gasteiger partial charge in [-0.05, 0) is 34.8 Å². The van der Waals surface area contributed by atoms with E-state index in [2.05, 4.69) is 20.9 Å². The first-order valence-corrected chi connectivity index (χ1v) is 8.94. The first-order valence-electron chi connectivity index (χ1n) is 8.14. The molecule has 0 fully saturated rings. The second kappa shape index (κ2) is 10.4. The number of benzene rings is 1. The number of hydrogen-bond donors (Lipinski definition) is 1. The number of nitrogens with zero attached hydrogens (tertiary/aromatic N) is 1. The van der Waals surface area contributed by atoms with E-state index in [0.29, 0.717) is 4.47 Å². The van der Waals surface area contributed by atoms with Crippen molar-refractivity contribution in [3.8, 4) is 5.75 Å². The zero-order valence-electron chi connectivity index (χ0n) is 15.2. The van der Waals surface area contributed by atoms with E-state index in [1.807, 2.05) is 13.8 Å². The van der Waals surface area contributed by atoms with Gasteiger partial charge in [0.05, 0.1) is 36.4 Å². The summed E-state index contributed by atoms with van der Waals surface area (Å²) in [5.41, 5.74) is -0.285. The number of aliphatic imine (C=N–C) groups is 1. The highest BCUT2D eigenvalue weighted by Gasteiger charge is 2.30. The molecule has 0 amide bonds. The molecule has 2 unspecified atom stereocenters. The Balaban J connectivity index is 3.26. The van der Waals surface area contributed by atoms with Crippen molar-refractivity contribution in [3.05, 3.63) is 28.0 Å². The molecule has 2 atom stereocenters. The van der Waals surface area contributed by atoms with Gasteiger partial charge >= 0.3 is 5.97 Å². The van der Waals surface area contributed by atoms with Gasteiger partial charge in [-0.2, -0.15) is 0 Å². The molecule has 0 aliphatic rings. The highest BCUT2D eigenvalue weighted by atomic mass is 79.9. The predicted molar refractivity (Wildman–Crippen MR) is 99.3 cm³/mol. The Morgan fingerprint density at radius 2 is 2.04 bits per heavy atom. The Kier molecular flexibility index (Phi) is 8.87. The Morgan fingerprint density at radius 1 is 1.38 bits per heavy atom. The standard InChI is InChI=1S/C18H23BrFNO5/c1-5-26-18(24)12(8-21-15(9-22)10(2)3)17(23)11-6-13(19)16(25-4)7-14(11)20/h6-8,10,12,15,22H,5,9H2,1-4H3. The molecule has 0 bridgehead atoms. The van der Waals surface area contributed by atoms with Gasteiger partial charge in [0.25, 0.3) is 0 Å². The fourth-order valence-electron chi connectivity index (χ4n) is 2.14. The summed E-state index contributed by atoms with van der Waals surface area (Å²) >= 11 is 3.19. The van der Waals surface area contributed by atoms with Gasteiger partial charge in [-0.25, -0.2) is 4.39 Å². The van der Waals surface area contributed by atoms with Crippen molar-refractivity contribution in [2.75, 3.05) is 20.3 Å². The van der Waals surface area contributed by atoms with E-state index in [4.69, 9.17) is 9.47 Å². The summed E-state index contributed by atoms with van der Waals surface area (Å²) in [5, 5.41) is 9.35. The maximum absolute atomic E-state index is 14.3. The molecule has 6 nitrogen and oxygen atoms in total. The highest BCUT2D eigenvalue weighted by Crippen LogP contribution is 2.29. The van der Waals surface area contributed by atoms with E-state index in [-0.39, 0.29) is 30.4 Å². The quantitative estimate of drug-likeness (QED) is 0.281. The lowest BCUT2D eigenvalue weighted by atomic mass is 9.97. The number of methoxy groups -OCH3 is 1. The van der Waals surface area contributed by atoms with Gasteiger partial charge in [-0.15, -0.1) is 0 Å². The van der Waals surface area contributed by atoms with Crippen LogP contribution in [-0.4, -0.2) is 49.4 Å². The van der Waals surface area contributed by atoms with Gasteiger partial charge in [-0.3, -0.25) is 14.6 Å². The van der Waals surface area contributed by atoms with Crippen LogP contribution in [0.1, 0.15) is 31.1 Å². The molecular weight excluding hydrogens is 409 g/mol. The number of rotatable bonds is 9. The summed E-state index contributed by atoms with van der Waals surface area (Å²) in [4.78, 5) is 29.1. The summed E-state index contributed by atoms with van der Waals surface area (Å²) in [6, 6.07) is 1.83. The minimum absolute atomic E-state index is 0.000986. The maximum atomic E-state index is 14.3. The van der Waals surface area contributed by atoms with Gasteiger partial charge < -0.3 is 14.6 Å². The number of hydrogen-bond acceptors (Lipinski definition) is 6. The van der Waals surface area contributed by atoms with Crippen molar-refractivity contribution in [3.63, 3.8) is 0 Å². The average molecular weight is 432 g/mol. The summed E-state index contributed by atoms with van der Waals surface area (Å²) in [6.07, 6.45) is 1.12. The fraction of sp³-hybridized carbons (Fsp3) is 0.500. The van der Waals surface area contributed by atoms with Crippen LogP contribution >= 0.6 is 15.9 Å². The molecule has 0 aliphatic heterocycles. The van der Waals surface area contributed by atoms with Gasteiger partial charge in [0.2, 0.25) is 0 Å². The van der Waals surface area contributed by atoms with Crippen LogP contribution in [0.2, 0.25) is 0 Å². The van der Waals surface area contributed by atoms with Crippen LogP contribution in [0.5, 0.6) is 5.75 Å². The molecule has 1 rings (SSSR count). The van der Waals surface area contributed by atoms with Gasteiger partial charge in [0.15, 0.2) is 11.7 Å². The zero-order valence-corrected chi connectivity index (χ0v) is 16.7. The first kappa shape index (κ1) is 22.2. The molecule has 0 aromatic heterocycles. The van der Waals surface area contributed by atoms with Gasteiger partial charge in [0.1, 0.15) is 11.6 Å². The van der Waals surface area contributed by atoms with E-state index < -0.39 is 29.5 Å². The van der Waals surface area contributed by atoms with Crippen LogP contribution in [0.15, 0.2) is 21.6 Å². The van der Waals surface area contributed by atoms with Gasteiger partial charge in [0, 0.05) is 12.3 Å². The lowest BCUT2D eigenvalue weighted by Crippen LogP contribution is -2.30. The lowest BCUT2D eigenvalue weighted by molar-refractivity contribution is -0.144. The average Bonchev–Trinajstić information content (AvgIpc) is 2.59. The Hall–Kier alpha value is -1.80. The molecule has 0 saturated carbocycles. The SMILES string of the molecule is CCOC(=O)C(C=NC(CO)C(C)C)C(=O)c1cc(Br)c(OC)cc1F. The molecule has 0 radical (unpaired) electrons. The second-order valence-electron chi connectivity index (χ2n) is 5.85. The number of carbonyl (C=O) groups excluding carboxylic acids is 2. The molecule has 26 heavy (non-hydrogen) atoms. The molecule has 1 aromatic rings. The number of ketones is 1. The number of aliphatic hydroxyl groups excluding tert-OH is 1. The maximum Gasteiger partial charge on any atom is 0.322 e. The normalized spacial score (nSPS) is 13.7. The molecular formula is C18H23BrFNO5. The Morgan fingerprint density at radius 3 is 2.54 bits per heavy atom. The third-order valence-corrected chi connectivity index (χ3v) is 4.33. The van der Waals surface area contributed by atoms with Crippen LogP contribution in [-0.2, 0) is 9.53 Å². The lowest BCUT2D eigenvalue weighted by Gasteiger charge is -2.16. The van der Waals surface area contributed by atoms with Crippen LogP contribution in [0.4, 0.5) is 4.39 Å². The van der Waals surface area contributed by atoms with Crippen molar-refractivity contribution in [2.45, 2.75) is 26.8 Å². The van der Waals surface area contributed by atoms with E-state index >= 15 is 0 Å². The molecule has 8 heteroatoms. The Labute approximate surface area is 160 Å². The third-order valence-electron chi connectivity index (χ3n) is 3.71. The number of esters is 1. The summed E-state index contributed by atoms with van der Waals surface area (Å²) in [6.45, 7) is 5.13. The minimum atomic E-state index is -1.41. The molecule has 0 aliphatic carbocycles. The van der Waals surface area contributed by atoms with Crippen LogP contribution in [0.25, 0.3) is 0 Å². The third kappa shape index (κ3) is 5.60. The van der Waals surface area contributed by atoms with E-state index in [1.165, 1.54) is 13.2 Å². The Bertz CT molecular complexity index is 678. The topological polar surface area (TPSA) is 85.2 Å². The van der Waals surface area contributed by atoms with Crippen molar-refractivity contribution in [1.29, 1.82) is 0 Å². The summed E-state index contributed by atoms with van der Waals surface area (Å²) in [5.74, 6) is -3.61. The molecule has 144 valence electrons. The monoisotopic (exact) mass is 431 g/mol. The van der Waals surface area contributed by atoms with Crippen molar-refractivity contribution in [1.82, 2.24) is 0 Å². The van der Waals surface area contributed by atoms with Crippen molar-refractivity contribution in [2.24, 2.45) is 16.8 Å². The minimum Gasteiger partial charge on any atom is -0.495 e. The summed E-state index contributed by atoms with van der Waals surface area (Å²) in [7, 11) is 1.37. The predicted octanol–water partition coefficient (Wildman–Crippen LogP) is 3.05. The summed E-state index contributed by atoms with van der Waals surface area (Å²) < 4.78 is 24.6.